The van der Waals surface area contributed by atoms with Crippen LogP contribution in [0.5, 0.6) is 0 Å². The Balaban J connectivity index is 2.62. The number of hydrogen-bond donors (Lipinski definition) is 2. The Morgan fingerprint density at radius 2 is 2.06 bits per heavy atom. The molecule has 3 nitrogen and oxygen atoms in total. The molecule has 2 N–H and O–H groups in total. The summed E-state index contributed by atoms with van der Waals surface area (Å²) in [7, 11) is 0. The number of allylic oxidation sites excluding steroid dienone is 1. The molecule has 1 rings (SSSR count). The van der Waals surface area contributed by atoms with Gasteiger partial charge in [-0.2, -0.15) is 0 Å². The van der Waals surface area contributed by atoms with E-state index in [9.17, 15) is 4.79 Å². The Kier molecular flexibility index (Phi) is 4.76. The van der Waals surface area contributed by atoms with Crippen molar-refractivity contribution in [2.75, 3.05) is 5.32 Å². The maximum Gasteiger partial charge on any atom is 0.323 e. The second kappa shape index (κ2) is 6.09. The Labute approximate surface area is 103 Å². The molecule has 0 aliphatic rings. The van der Waals surface area contributed by atoms with Crippen molar-refractivity contribution in [2.24, 2.45) is 0 Å². The number of benzene rings is 1. The molecule has 92 valence electrons. The molecule has 0 saturated heterocycles. The Morgan fingerprint density at radius 3 is 2.65 bits per heavy atom. The topological polar surface area (TPSA) is 41.1 Å². The Morgan fingerprint density at radius 1 is 1.35 bits per heavy atom. The summed E-state index contributed by atoms with van der Waals surface area (Å²) < 4.78 is 0. The second-order valence-corrected chi connectivity index (χ2v) is 4.26. The third-order valence-corrected chi connectivity index (χ3v) is 2.64. The van der Waals surface area contributed by atoms with Crippen LogP contribution in [0.3, 0.4) is 0 Å². The van der Waals surface area contributed by atoms with E-state index in [1.54, 1.807) is 6.20 Å². The van der Waals surface area contributed by atoms with Gasteiger partial charge in [0.15, 0.2) is 0 Å². The van der Waals surface area contributed by atoms with Gasteiger partial charge in [-0.25, -0.2) is 4.79 Å². The molecule has 0 saturated carbocycles. The summed E-state index contributed by atoms with van der Waals surface area (Å²) in [6, 6.07) is 5.74. The van der Waals surface area contributed by atoms with Crippen LogP contribution < -0.4 is 10.6 Å². The molecule has 0 radical (unpaired) electrons. The van der Waals surface area contributed by atoms with Crippen LogP contribution in [0.1, 0.15) is 31.4 Å². The van der Waals surface area contributed by atoms with Crippen molar-refractivity contribution in [1.29, 1.82) is 0 Å². The van der Waals surface area contributed by atoms with E-state index in [1.165, 1.54) is 5.56 Å². The lowest BCUT2D eigenvalue weighted by molar-refractivity contribution is 0.255. The lowest BCUT2D eigenvalue weighted by atomic mass is 10.1. The van der Waals surface area contributed by atoms with Gasteiger partial charge in [-0.15, -0.1) is 0 Å². The normalized spacial score (nSPS) is 11.2. The number of anilines is 1. The molecule has 1 aromatic rings. The summed E-state index contributed by atoms with van der Waals surface area (Å²) in [6.45, 7) is 8.05. The second-order valence-electron chi connectivity index (χ2n) is 4.26. The van der Waals surface area contributed by atoms with Crippen molar-refractivity contribution in [3.05, 3.63) is 41.1 Å². The Bertz CT molecular complexity index is 436. The van der Waals surface area contributed by atoms with Gasteiger partial charge < -0.3 is 10.6 Å². The van der Waals surface area contributed by atoms with Gasteiger partial charge >= 0.3 is 6.03 Å². The van der Waals surface area contributed by atoms with Crippen molar-refractivity contribution in [2.45, 2.75) is 34.1 Å². The van der Waals surface area contributed by atoms with Crippen LogP contribution >= 0.6 is 0 Å². The number of hydrogen-bond acceptors (Lipinski definition) is 1. The standard InChI is InChI=1S/C14H20N2O/c1-5-10(2)9-15-14(17)16-13-7-6-11(3)8-12(13)4/h6-9H,5H2,1-4H3,(H2,15,16,17)/b10-9+. The smallest absolute Gasteiger partial charge is 0.314 e. The Hall–Kier alpha value is -1.77. The van der Waals surface area contributed by atoms with Crippen molar-refractivity contribution in [1.82, 2.24) is 5.32 Å². The molecule has 0 aliphatic carbocycles. The van der Waals surface area contributed by atoms with Gasteiger partial charge in [-0.1, -0.05) is 30.2 Å². The number of rotatable bonds is 3. The van der Waals surface area contributed by atoms with Gasteiger partial charge in [0.1, 0.15) is 0 Å². The summed E-state index contributed by atoms with van der Waals surface area (Å²) >= 11 is 0. The minimum Gasteiger partial charge on any atom is -0.314 e. The highest BCUT2D eigenvalue weighted by Crippen LogP contribution is 2.15. The number of urea groups is 1. The monoisotopic (exact) mass is 232 g/mol. The largest absolute Gasteiger partial charge is 0.323 e. The van der Waals surface area contributed by atoms with Gasteiger partial charge in [-0.05, 0) is 38.8 Å². The van der Waals surface area contributed by atoms with Crippen molar-refractivity contribution in [3.63, 3.8) is 0 Å². The van der Waals surface area contributed by atoms with Crippen LogP contribution in [0, 0.1) is 13.8 Å². The summed E-state index contributed by atoms with van der Waals surface area (Å²) in [6.07, 6.45) is 2.67. The molecule has 0 atom stereocenters. The molecule has 0 fully saturated rings. The number of amides is 2. The van der Waals surface area contributed by atoms with Gasteiger partial charge in [0.05, 0.1) is 0 Å². The molecular weight excluding hydrogens is 212 g/mol. The number of nitrogens with one attached hydrogen (secondary N) is 2. The molecule has 3 heteroatoms. The molecule has 0 aliphatic heterocycles. The van der Waals surface area contributed by atoms with E-state index < -0.39 is 0 Å². The van der Waals surface area contributed by atoms with E-state index in [0.717, 1.165) is 23.2 Å². The fourth-order valence-electron chi connectivity index (χ4n) is 1.40. The first-order valence-electron chi connectivity index (χ1n) is 5.83. The van der Waals surface area contributed by atoms with Crippen LogP contribution in [0.4, 0.5) is 10.5 Å². The van der Waals surface area contributed by atoms with Crippen molar-refractivity contribution < 1.29 is 4.79 Å². The van der Waals surface area contributed by atoms with Crippen molar-refractivity contribution in [3.8, 4) is 0 Å². The maximum absolute atomic E-state index is 11.6. The molecule has 2 amide bonds. The van der Waals surface area contributed by atoms with E-state index in [2.05, 4.69) is 17.6 Å². The molecular formula is C14H20N2O. The van der Waals surface area contributed by atoms with Crippen LogP contribution in [0.2, 0.25) is 0 Å². The van der Waals surface area contributed by atoms with Crippen molar-refractivity contribution >= 4 is 11.7 Å². The zero-order chi connectivity index (χ0) is 12.8. The molecule has 17 heavy (non-hydrogen) atoms. The number of carbonyl (C=O) groups excluding carboxylic acids is 1. The van der Waals surface area contributed by atoms with Crippen LogP contribution in [-0.2, 0) is 0 Å². The highest BCUT2D eigenvalue weighted by molar-refractivity contribution is 5.90. The first-order valence-corrected chi connectivity index (χ1v) is 5.83. The van der Waals surface area contributed by atoms with Gasteiger partial charge in [0, 0.05) is 11.9 Å². The minimum atomic E-state index is -0.204. The summed E-state index contributed by atoms with van der Waals surface area (Å²) in [5.41, 5.74) is 4.24. The maximum atomic E-state index is 11.6. The predicted octanol–water partition coefficient (Wildman–Crippen LogP) is 3.74. The zero-order valence-electron chi connectivity index (χ0n) is 10.9. The SMILES string of the molecule is CC/C(C)=C/NC(=O)Nc1ccc(C)cc1C. The molecule has 1 aromatic carbocycles. The summed E-state index contributed by atoms with van der Waals surface area (Å²) in [4.78, 5) is 11.6. The molecule has 0 bridgehead atoms. The van der Waals surface area contributed by atoms with E-state index in [1.807, 2.05) is 39.0 Å². The van der Waals surface area contributed by atoms with E-state index >= 15 is 0 Å². The molecule has 0 spiro atoms. The highest BCUT2D eigenvalue weighted by Gasteiger charge is 2.02. The summed E-state index contributed by atoms with van der Waals surface area (Å²) in [5.74, 6) is 0. The quantitative estimate of drug-likeness (QED) is 0.819. The molecule has 0 unspecified atom stereocenters. The van der Waals surface area contributed by atoms with Crippen LogP contribution in [-0.4, -0.2) is 6.03 Å². The average Bonchev–Trinajstić information content (AvgIpc) is 2.29. The minimum absolute atomic E-state index is 0.204. The lowest BCUT2D eigenvalue weighted by Gasteiger charge is -2.09. The third kappa shape index (κ3) is 4.31. The fraction of sp³-hybridized carbons (Fsp3) is 0.357. The highest BCUT2D eigenvalue weighted by atomic mass is 16.2. The lowest BCUT2D eigenvalue weighted by Crippen LogP contribution is -2.24. The third-order valence-electron chi connectivity index (χ3n) is 2.64. The first kappa shape index (κ1) is 13.3. The van der Waals surface area contributed by atoms with E-state index in [4.69, 9.17) is 0 Å². The van der Waals surface area contributed by atoms with Crippen LogP contribution in [0.15, 0.2) is 30.0 Å². The molecule has 0 heterocycles. The average molecular weight is 232 g/mol. The predicted molar refractivity (Wildman–Crippen MR) is 72.1 cm³/mol. The van der Waals surface area contributed by atoms with Crippen LogP contribution in [0.25, 0.3) is 0 Å². The van der Waals surface area contributed by atoms with E-state index in [0.29, 0.717) is 0 Å². The van der Waals surface area contributed by atoms with Gasteiger partial charge in [0.2, 0.25) is 0 Å². The number of aryl methyl sites for hydroxylation is 2. The van der Waals surface area contributed by atoms with E-state index in [-0.39, 0.29) is 6.03 Å². The fourth-order valence-corrected chi connectivity index (χ4v) is 1.40. The van der Waals surface area contributed by atoms with Gasteiger partial charge in [-0.3, -0.25) is 0 Å². The first-order chi connectivity index (χ1) is 8.02. The number of carbonyl (C=O) groups is 1. The zero-order valence-corrected chi connectivity index (χ0v) is 10.9. The molecule has 0 aromatic heterocycles. The summed E-state index contributed by atoms with van der Waals surface area (Å²) in [5, 5.41) is 5.53. The van der Waals surface area contributed by atoms with Gasteiger partial charge in [0.25, 0.3) is 0 Å².